The number of nitrogens with zero attached hydrogens (tertiary/aromatic N) is 3. The van der Waals surface area contributed by atoms with Crippen LogP contribution in [0.5, 0.6) is 23.0 Å². The first-order chi connectivity index (χ1) is 27.8. The summed E-state index contributed by atoms with van der Waals surface area (Å²) in [4.78, 5) is 63.3. The topological polar surface area (TPSA) is 184 Å². The van der Waals surface area contributed by atoms with Gasteiger partial charge in [-0.15, -0.1) is 0 Å². The van der Waals surface area contributed by atoms with E-state index in [-0.39, 0.29) is 76.1 Å². The predicted molar refractivity (Wildman–Crippen MR) is 222 cm³/mol. The first kappa shape index (κ1) is 43.9. The Balaban J connectivity index is 1.18. The highest BCUT2D eigenvalue weighted by Gasteiger charge is 2.30. The Hall–Kier alpha value is -5.25. The van der Waals surface area contributed by atoms with E-state index in [0.29, 0.717) is 48.7 Å². The molecule has 1 aliphatic heterocycles. The Kier molecular flexibility index (Phi) is 15.5. The molecule has 0 atom stereocenters. The molecular weight excluding hydrogens is 745 g/mol. The number of rotatable bonds is 13. The van der Waals surface area contributed by atoms with E-state index in [1.165, 1.54) is 40.6 Å². The zero-order valence-corrected chi connectivity index (χ0v) is 35.3. The van der Waals surface area contributed by atoms with Crippen LogP contribution in [-0.2, 0) is 0 Å². The number of carbonyl (C=O) groups is 4. The lowest BCUT2D eigenvalue weighted by molar-refractivity contribution is 0.0886. The maximum absolute atomic E-state index is 13.7. The van der Waals surface area contributed by atoms with Gasteiger partial charge in [0.05, 0.1) is 56.7 Å². The minimum Gasteiger partial charge on any atom is -0.496 e. The number of carbonyl (C=O) groups excluding carboxylic acids is 4. The van der Waals surface area contributed by atoms with Crippen LogP contribution in [0.2, 0.25) is 0 Å². The van der Waals surface area contributed by atoms with Gasteiger partial charge in [0.1, 0.15) is 23.0 Å². The number of hydrogen-bond acceptors (Lipinski definition) is 10. The lowest BCUT2D eigenvalue weighted by Gasteiger charge is -2.30. The normalized spacial score (nSPS) is 20.8. The lowest BCUT2D eigenvalue weighted by atomic mass is 9.90. The molecular formula is C42H62N8O8. The fourth-order valence-corrected chi connectivity index (χ4v) is 8.05. The fraction of sp³-hybridized carbons (Fsp3) is 0.595. The minimum absolute atomic E-state index is 0.0302. The number of methoxy groups -OCH3 is 4. The summed E-state index contributed by atoms with van der Waals surface area (Å²) in [7, 11) is 13.8. The molecule has 2 aliphatic carbocycles. The molecule has 318 valence electrons. The molecule has 0 spiro atoms. The molecule has 5 N–H and O–H groups in total. The number of nitrogens with one attached hydrogen (secondary N) is 5. The monoisotopic (exact) mass is 806 g/mol. The highest BCUT2D eigenvalue weighted by Crippen LogP contribution is 2.32. The van der Waals surface area contributed by atoms with E-state index in [4.69, 9.17) is 23.9 Å². The van der Waals surface area contributed by atoms with Crippen molar-refractivity contribution >= 4 is 29.6 Å². The number of hydrogen-bond donors (Lipinski definition) is 5. The maximum atomic E-state index is 13.7. The molecule has 0 bridgehead atoms. The van der Waals surface area contributed by atoms with Crippen LogP contribution in [0.25, 0.3) is 0 Å². The third kappa shape index (κ3) is 11.0. The summed E-state index contributed by atoms with van der Waals surface area (Å²) in [6.45, 7) is 1.65. The van der Waals surface area contributed by atoms with Crippen LogP contribution in [0, 0.1) is 0 Å². The van der Waals surface area contributed by atoms with Gasteiger partial charge in [-0.2, -0.15) is 0 Å². The second kappa shape index (κ2) is 20.4. The van der Waals surface area contributed by atoms with E-state index < -0.39 is 0 Å². The smallest absolute Gasteiger partial charge is 0.255 e. The molecule has 58 heavy (non-hydrogen) atoms. The summed E-state index contributed by atoms with van der Waals surface area (Å²) >= 11 is 0. The highest BCUT2D eigenvalue weighted by molar-refractivity contribution is 6.04. The number of piperidine rings is 1. The van der Waals surface area contributed by atoms with Crippen LogP contribution < -0.4 is 45.5 Å². The van der Waals surface area contributed by atoms with Crippen molar-refractivity contribution in [1.82, 2.24) is 36.4 Å². The summed E-state index contributed by atoms with van der Waals surface area (Å²) < 4.78 is 22.2. The van der Waals surface area contributed by atoms with Gasteiger partial charge in [0.15, 0.2) is 5.96 Å². The second-order valence-corrected chi connectivity index (χ2v) is 15.7. The Morgan fingerprint density at radius 3 is 1.09 bits per heavy atom. The predicted octanol–water partition coefficient (Wildman–Crippen LogP) is 3.19. The van der Waals surface area contributed by atoms with Gasteiger partial charge in [-0.3, -0.25) is 19.2 Å². The third-order valence-corrected chi connectivity index (χ3v) is 11.2. The largest absolute Gasteiger partial charge is 0.496 e. The molecule has 0 radical (unpaired) electrons. The zero-order valence-electron chi connectivity index (χ0n) is 35.3. The van der Waals surface area contributed by atoms with Gasteiger partial charge < -0.3 is 55.3 Å². The Bertz CT molecular complexity index is 1790. The van der Waals surface area contributed by atoms with Crippen molar-refractivity contribution in [2.45, 2.75) is 94.4 Å². The number of amides is 4. The van der Waals surface area contributed by atoms with Gasteiger partial charge >= 0.3 is 0 Å². The molecule has 16 heteroatoms. The second-order valence-electron chi connectivity index (χ2n) is 15.7. The number of aliphatic imine (C=N–C) groups is 1. The summed E-state index contributed by atoms with van der Waals surface area (Å²) in [6, 6.07) is 6.06. The average Bonchev–Trinajstić information content (AvgIpc) is 3.22. The van der Waals surface area contributed by atoms with Crippen molar-refractivity contribution in [2.24, 2.45) is 4.99 Å². The van der Waals surface area contributed by atoms with Crippen LogP contribution in [0.1, 0.15) is 106 Å². The molecule has 0 unspecified atom stereocenters. The van der Waals surface area contributed by atoms with Gasteiger partial charge in [-0.05, 0) is 89.4 Å². The first-order valence-electron chi connectivity index (χ1n) is 20.2. The standard InChI is InChI=1S/C42H62N8O8/c1-49(2)42(50(3)4)48-28-15-13-27(14-16-28)46-40(53)31-21-30(34(55-5)23-35(31)56-6)38(51)44-25-9-11-26(12-10-25)45-39(52)32-22-33(37(58-8)24-36(32)57-7)41(54)47-29-17-19-43-20-18-29/h21-29,43H,9-20H2,1-8H3,(H,44,51)(H,45,52)(H,46,53)(H,47,54)/t25-,26+,27-,28+. The lowest BCUT2D eigenvalue weighted by Crippen LogP contribution is -2.44. The Labute approximate surface area is 342 Å². The van der Waals surface area contributed by atoms with Crippen molar-refractivity contribution in [3.63, 3.8) is 0 Å². The van der Waals surface area contributed by atoms with Crippen LogP contribution in [0.15, 0.2) is 29.3 Å². The van der Waals surface area contributed by atoms with Gasteiger partial charge in [0.25, 0.3) is 23.6 Å². The molecule has 4 amide bonds. The summed E-state index contributed by atoms with van der Waals surface area (Å²) in [5.74, 6) is 0.785. The SMILES string of the molecule is COc1cc(OC)c(C(=O)N[C@H]2CC[C@@H](NC(=O)c3cc(C(=O)N[C@H]4CC[C@@H](N=C(N(C)C)N(C)C)CC4)c(OC)cc3OC)CC2)cc1C(=O)NC1CCNCC1. The van der Waals surface area contributed by atoms with Crippen molar-refractivity contribution in [3.8, 4) is 23.0 Å². The quantitative estimate of drug-likeness (QED) is 0.148. The molecule has 0 aromatic heterocycles. The van der Waals surface area contributed by atoms with E-state index in [0.717, 1.165) is 57.6 Å². The summed E-state index contributed by atoms with van der Waals surface area (Å²) in [6.07, 6.45) is 7.37. The van der Waals surface area contributed by atoms with Crippen molar-refractivity contribution in [3.05, 3.63) is 46.5 Å². The molecule has 3 aliphatic rings. The van der Waals surface area contributed by atoms with Crippen molar-refractivity contribution < 1.29 is 38.1 Å². The van der Waals surface area contributed by atoms with E-state index in [9.17, 15) is 19.2 Å². The molecule has 1 heterocycles. The van der Waals surface area contributed by atoms with E-state index >= 15 is 0 Å². The van der Waals surface area contributed by atoms with Crippen LogP contribution in [-0.4, -0.2) is 139 Å². The van der Waals surface area contributed by atoms with Gasteiger partial charge in [-0.25, -0.2) is 4.99 Å². The zero-order chi connectivity index (χ0) is 41.9. The molecule has 1 saturated heterocycles. The number of guanidine groups is 1. The molecule has 2 saturated carbocycles. The minimum atomic E-state index is -0.365. The molecule has 2 aromatic rings. The van der Waals surface area contributed by atoms with Crippen LogP contribution >= 0.6 is 0 Å². The number of ether oxygens (including phenoxy) is 4. The Morgan fingerprint density at radius 2 is 0.793 bits per heavy atom. The van der Waals surface area contributed by atoms with E-state index in [2.05, 4.69) is 26.6 Å². The average molecular weight is 807 g/mol. The fourth-order valence-electron chi connectivity index (χ4n) is 8.05. The van der Waals surface area contributed by atoms with Crippen molar-refractivity contribution in [1.29, 1.82) is 0 Å². The Morgan fingerprint density at radius 1 is 0.500 bits per heavy atom. The first-order valence-corrected chi connectivity index (χ1v) is 20.2. The highest BCUT2D eigenvalue weighted by atomic mass is 16.5. The molecule has 3 fully saturated rings. The maximum Gasteiger partial charge on any atom is 0.255 e. The van der Waals surface area contributed by atoms with E-state index in [1.807, 2.05) is 38.0 Å². The van der Waals surface area contributed by atoms with Gasteiger partial charge in [0.2, 0.25) is 0 Å². The van der Waals surface area contributed by atoms with E-state index in [1.54, 1.807) is 12.1 Å². The summed E-state index contributed by atoms with van der Waals surface area (Å²) in [5.41, 5.74) is 0.984. The van der Waals surface area contributed by atoms with Gasteiger partial charge in [0, 0.05) is 64.5 Å². The van der Waals surface area contributed by atoms with Crippen molar-refractivity contribution in [2.75, 3.05) is 69.7 Å². The molecule has 16 nitrogen and oxygen atoms in total. The number of benzene rings is 2. The summed E-state index contributed by atoms with van der Waals surface area (Å²) in [5, 5.41) is 15.7. The van der Waals surface area contributed by atoms with Crippen LogP contribution in [0.4, 0.5) is 0 Å². The van der Waals surface area contributed by atoms with Crippen LogP contribution in [0.3, 0.4) is 0 Å². The third-order valence-electron chi connectivity index (χ3n) is 11.2. The van der Waals surface area contributed by atoms with Gasteiger partial charge in [-0.1, -0.05) is 0 Å². The molecule has 5 rings (SSSR count). The molecule has 2 aromatic carbocycles.